The van der Waals surface area contributed by atoms with E-state index in [1.165, 1.54) is 5.56 Å². The number of rotatable bonds is 5. The maximum Gasteiger partial charge on any atom is 0.253 e. The first-order valence-electron chi connectivity index (χ1n) is 6.44. The molecule has 1 rings (SSSR count). The standard InChI is InChI=1S/C15H24N2O.ClH/c1-5-12-6-8-13(9-7-12)14(18)17(4)11-15(2,3)10-16;/h6-9H,5,10-11,16H2,1-4H3;1H. The Bertz CT molecular complexity index is 401. The summed E-state index contributed by atoms with van der Waals surface area (Å²) in [4.78, 5) is 14.0. The minimum atomic E-state index is -0.0478. The number of carbonyl (C=O) groups is 1. The molecule has 0 fully saturated rings. The first kappa shape index (κ1) is 17.9. The van der Waals surface area contributed by atoms with Crippen molar-refractivity contribution < 1.29 is 4.79 Å². The Kier molecular flexibility index (Phi) is 7.09. The van der Waals surface area contributed by atoms with Crippen LogP contribution < -0.4 is 5.73 Å². The summed E-state index contributed by atoms with van der Waals surface area (Å²) in [5.41, 5.74) is 7.63. The second-order valence-corrected chi connectivity index (χ2v) is 5.58. The van der Waals surface area contributed by atoms with Crippen molar-refractivity contribution in [3.05, 3.63) is 35.4 Å². The Morgan fingerprint density at radius 3 is 2.21 bits per heavy atom. The molecule has 0 aromatic heterocycles. The molecule has 0 aliphatic carbocycles. The second kappa shape index (κ2) is 7.51. The van der Waals surface area contributed by atoms with Crippen LogP contribution in [-0.2, 0) is 6.42 Å². The SMILES string of the molecule is CCc1ccc(C(=O)N(C)CC(C)(C)CN)cc1.Cl. The van der Waals surface area contributed by atoms with Gasteiger partial charge in [0.25, 0.3) is 5.91 Å². The number of nitrogens with two attached hydrogens (primary N) is 1. The van der Waals surface area contributed by atoms with Crippen LogP contribution in [-0.4, -0.2) is 30.9 Å². The second-order valence-electron chi connectivity index (χ2n) is 5.58. The van der Waals surface area contributed by atoms with Crippen molar-refractivity contribution in [2.45, 2.75) is 27.2 Å². The van der Waals surface area contributed by atoms with Crippen molar-refractivity contribution in [3.63, 3.8) is 0 Å². The molecule has 19 heavy (non-hydrogen) atoms. The molecule has 2 N–H and O–H groups in total. The molecule has 4 heteroatoms. The van der Waals surface area contributed by atoms with Crippen molar-refractivity contribution in [3.8, 4) is 0 Å². The van der Waals surface area contributed by atoms with E-state index in [-0.39, 0.29) is 23.7 Å². The molecular weight excluding hydrogens is 260 g/mol. The van der Waals surface area contributed by atoms with Crippen LogP contribution in [0.15, 0.2) is 24.3 Å². The van der Waals surface area contributed by atoms with Gasteiger partial charge in [-0.25, -0.2) is 0 Å². The molecule has 0 aliphatic rings. The fourth-order valence-corrected chi connectivity index (χ4v) is 1.88. The van der Waals surface area contributed by atoms with Crippen molar-refractivity contribution >= 4 is 18.3 Å². The molecule has 0 unspecified atom stereocenters. The van der Waals surface area contributed by atoms with Crippen LogP contribution in [0.3, 0.4) is 0 Å². The summed E-state index contributed by atoms with van der Waals surface area (Å²) in [5, 5.41) is 0. The summed E-state index contributed by atoms with van der Waals surface area (Å²) in [6.07, 6.45) is 0.991. The first-order valence-corrected chi connectivity index (χ1v) is 6.44. The lowest BCUT2D eigenvalue weighted by Gasteiger charge is -2.29. The summed E-state index contributed by atoms with van der Waals surface area (Å²) in [6.45, 7) is 7.47. The normalized spacial score (nSPS) is 10.8. The van der Waals surface area contributed by atoms with Gasteiger partial charge in [0.1, 0.15) is 0 Å². The number of halogens is 1. The number of aryl methyl sites for hydroxylation is 1. The zero-order chi connectivity index (χ0) is 13.8. The molecule has 1 amide bonds. The van der Waals surface area contributed by atoms with Crippen molar-refractivity contribution in [2.24, 2.45) is 11.1 Å². The molecule has 0 spiro atoms. The Morgan fingerprint density at radius 2 is 1.79 bits per heavy atom. The quantitative estimate of drug-likeness (QED) is 0.904. The highest BCUT2D eigenvalue weighted by atomic mass is 35.5. The Morgan fingerprint density at radius 1 is 1.26 bits per heavy atom. The summed E-state index contributed by atoms with van der Waals surface area (Å²) < 4.78 is 0. The van der Waals surface area contributed by atoms with Crippen LogP contribution in [0, 0.1) is 5.41 Å². The number of hydrogen-bond acceptors (Lipinski definition) is 2. The summed E-state index contributed by atoms with van der Waals surface area (Å²) in [6, 6.07) is 7.81. The van der Waals surface area contributed by atoms with E-state index in [0.29, 0.717) is 13.1 Å². The largest absolute Gasteiger partial charge is 0.341 e. The predicted octanol–water partition coefficient (Wildman–Crippen LogP) is 2.73. The monoisotopic (exact) mass is 284 g/mol. The van der Waals surface area contributed by atoms with Crippen LogP contribution >= 0.6 is 12.4 Å². The molecule has 3 nitrogen and oxygen atoms in total. The fraction of sp³-hybridized carbons (Fsp3) is 0.533. The molecular formula is C15H25ClN2O. The van der Waals surface area contributed by atoms with Gasteiger partial charge in [-0.15, -0.1) is 12.4 Å². The zero-order valence-corrected chi connectivity index (χ0v) is 13.1. The average molecular weight is 285 g/mol. The van der Waals surface area contributed by atoms with E-state index in [9.17, 15) is 4.79 Å². The predicted molar refractivity (Wildman–Crippen MR) is 82.9 cm³/mol. The van der Waals surface area contributed by atoms with E-state index < -0.39 is 0 Å². The van der Waals surface area contributed by atoms with Gasteiger partial charge in [-0.3, -0.25) is 4.79 Å². The minimum absolute atomic E-state index is 0. The van der Waals surface area contributed by atoms with Crippen LogP contribution in [0.4, 0.5) is 0 Å². The van der Waals surface area contributed by atoms with Gasteiger partial charge in [-0.05, 0) is 36.1 Å². The lowest BCUT2D eigenvalue weighted by Crippen LogP contribution is -2.39. The highest BCUT2D eigenvalue weighted by Gasteiger charge is 2.21. The van der Waals surface area contributed by atoms with Gasteiger partial charge in [0.05, 0.1) is 0 Å². The number of amides is 1. The summed E-state index contributed by atoms with van der Waals surface area (Å²) >= 11 is 0. The third kappa shape index (κ3) is 5.21. The Labute approximate surface area is 122 Å². The number of benzene rings is 1. The first-order chi connectivity index (χ1) is 8.39. The number of hydrogen-bond donors (Lipinski definition) is 1. The molecule has 1 aromatic carbocycles. The third-order valence-electron chi connectivity index (χ3n) is 3.17. The van der Waals surface area contributed by atoms with Gasteiger partial charge < -0.3 is 10.6 Å². The van der Waals surface area contributed by atoms with E-state index in [0.717, 1.165) is 12.0 Å². The molecule has 0 heterocycles. The average Bonchev–Trinajstić information content (AvgIpc) is 2.37. The van der Waals surface area contributed by atoms with Gasteiger partial charge in [0.2, 0.25) is 0 Å². The molecule has 0 aliphatic heterocycles. The zero-order valence-electron chi connectivity index (χ0n) is 12.3. The van der Waals surface area contributed by atoms with Crippen LogP contribution in [0.2, 0.25) is 0 Å². The van der Waals surface area contributed by atoms with Crippen molar-refractivity contribution in [1.29, 1.82) is 0 Å². The number of nitrogens with zero attached hydrogens (tertiary/aromatic N) is 1. The van der Waals surface area contributed by atoms with E-state index in [2.05, 4.69) is 20.8 Å². The Hall–Kier alpha value is -1.06. The maximum absolute atomic E-state index is 12.2. The topological polar surface area (TPSA) is 46.3 Å². The molecule has 0 saturated carbocycles. The summed E-state index contributed by atoms with van der Waals surface area (Å²) in [7, 11) is 1.83. The van der Waals surface area contributed by atoms with Gasteiger partial charge in [0, 0.05) is 19.2 Å². The lowest BCUT2D eigenvalue weighted by atomic mass is 9.93. The smallest absolute Gasteiger partial charge is 0.253 e. The van der Waals surface area contributed by atoms with Crippen molar-refractivity contribution in [2.75, 3.05) is 20.1 Å². The van der Waals surface area contributed by atoms with E-state index >= 15 is 0 Å². The van der Waals surface area contributed by atoms with Gasteiger partial charge in [0.15, 0.2) is 0 Å². The fourth-order valence-electron chi connectivity index (χ4n) is 1.88. The van der Waals surface area contributed by atoms with Gasteiger partial charge in [-0.1, -0.05) is 32.9 Å². The van der Waals surface area contributed by atoms with Crippen molar-refractivity contribution in [1.82, 2.24) is 4.90 Å². The Balaban J connectivity index is 0.00000324. The lowest BCUT2D eigenvalue weighted by molar-refractivity contribution is 0.0740. The third-order valence-corrected chi connectivity index (χ3v) is 3.17. The van der Waals surface area contributed by atoms with E-state index in [1.807, 2.05) is 31.3 Å². The molecule has 1 aromatic rings. The molecule has 0 radical (unpaired) electrons. The van der Waals surface area contributed by atoms with Crippen LogP contribution in [0.1, 0.15) is 36.7 Å². The minimum Gasteiger partial charge on any atom is -0.341 e. The van der Waals surface area contributed by atoms with Gasteiger partial charge in [-0.2, -0.15) is 0 Å². The van der Waals surface area contributed by atoms with E-state index in [1.54, 1.807) is 4.90 Å². The van der Waals surface area contributed by atoms with E-state index in [4.69, 9.17) is 5.73 Å². The molecule has 0 saturated heterocycles. The highest BCUT2D eigenvalue weighted by Crippen LogP contribution is 2.16. The summed E-state index contributed by atoms with van der Waals surface area (Å²) in [5.74, 6) is 0.0548. The van der Waals surface area contributed by atoms with Crippen LogP contribution in [0.5, 0.6) is 0 Å². The molecule has 108 valence electrons. The number of carbonyl (C=O) groups excluding carboxylic acids is 1. The maximum atomic E-state index is 12.2. The molecule has 0 bridgehead atoms. The van der Waals surface area contributed by atoms with Crippen LogP contribution in [0.25, 0.3) is 0 Å². The van der Waals surface area contributed by atoms with Gasteiger partial charge >= 0.3 is 0 Å². The molecule has 0 atom stereocenters. The highest BCUT2D eigenvalue weighted by molar-refractivity contribution is 5.94.